The van der Waals surface area contributed by atoms with Crippen LogP contribution in [0.25, 0.3) is 0 Å². The molecule has 0 aromatic heterocycles. The van der Waals surface area contributed by atoms with E-state index in [0.717, 1.165) is 26.1 Å². The molecule has 5 heteroatoms. The molecule has 5 nitrogen and oxygen atoms in total. The summed E-state index contributed by atoms with van der Waals surface area (Å²) in [7, 11) is 0. The number of amides is 2. The fourth-order valence-electron chi connectivity index (χ4n) is 3.18. The highest BCUT2D eigenvalue weighted by molar-refractivity contribution is 5.97. The normalized spacial score (nSPS) is 28.7. The Morgan fingerprint density at radius 3 is 2.38 bits per heavy atom. The minimum Gasteiger partial charge on any atom is -0.381 e. The third-order valence-corrected chi connectivity index (χ3v) is 4.54. The zero-order chi connectivity index (χ0) is 15.6. The Labute approximate surface area is 127 Å². The van der Waals surface area contributed by atoms with Gasteiger partial charge in [0.25, 0.3) is 0 Å². The van der Waals surface area contributed by atoms with Crippen LogP contribution in [0.1, 0.15) is 47.0 Å². The van der Waals surface area contributed by atoms with Crippen molar-refractivity contribution >= 4 is 11.8 Å². The predicted molar refractivity (Wildman–Crippen MR) is 80.7 cm³/mol. The number of carbonyl (C=O) groups is 2. The van der Waals surface area contributed by atoms with Crippen LogP contribution in [0.5, 0.6) is 0 Å². The summed E-state index contributed by atoms with van der Waals surface area (Å²) in [5.41, 5.74) is -0.265. The maximum absolute atomic E-state index is 12.8. The van der Waals surface area contributed by atoms with E-state index in [1.54, 1.807) is 0 Å². The lowest BCUT2D eigenvalue weighted by atomic mass is 9.83. The highest BCUT2D eigenvalue weighted by Gasteiger charge is 2.44. The van der Waals surface area contributed by atoms with Gasteiger partial charge in [-0.15, -0.1) is 0 Å². The third-order valence-electron chi connectivity index (χ3n) is 4.54. The van der Waals surface area contributed by atoms with Gasteiger partial charge in [0.1, 0.15) is 12.1 Å². The lowest BCUT2D eigenvalue weighted by molar-refractivity contribution is -0.153. The molecule has 0 saturated carbocycles. The molecular weight excluding hydrogens is 268 g/mol. The third kappa shape index (κ3) is 3.57. The summed E-state index contributed by atoms with van der Waals surface area (Å²) < 4.78 is 5.38. The number of hydrogen-bond donors (Lipinski definition) is 1. The number of hydrogen-bond acceptors (Lipinski definition) is 3. The standard InChI is InChI=1S/C16H28N2O3/c1-5-12-14(19)17-13(16(2,3)4)15(20)18(12)10-11-6-8-21-9-7-11/h11-13H,5-10H2,1-4H3,(H,17,19). The van der Waals surface area contributed by atoms with E-state index in [1.807, 2.05) is 32.6 Å². The number of rotatable bonds is 3. The number of piperazine rings is 1. The maximum atomic E-state index is 12.8. The largest absolute Gasteiger partial charge is 0.381 e. The first-order chi connectivity index (χ1) is 9.84. The first kappa shape index (κ1) is 16.3. The van der Waals surface area contributed by atoms with Crippen molar-refractivity contribution in [1.82, 2.24) is 10.2 Å². The van der Waals surface area contributed by atoms with Gasteiger partial charge in [0, 0.05) is 19.8 Å². The molecular formula is C16H28N2O3. The summed E-state index contributed by atoms with van der Waals surface area (Å²) in [4.78, 5) is 27.0. The highest BCUT2D eigenvalue weighted by atomic mass is 16.5. The second-order valence-electron chi connectivity index (χ2n) is 7.28. The monoisotopic (exact) mass is 296 g/mol. The Hall–Kier alpha value is -1.10. The number of nitrogens with one attached hydrogen (secondary N) is 1. The van der Waals surface area contributed by atoms with Gasteiger partial charge in [-0.3, -0.25) is 9.59 Å². The van der Waals surface area contributed by atoms with Crippen LogP contribution < -0.4 is 5.32 Å². The van der Waals surface area contributed by atoms with E-state index in [9.17, 15) is 9.59 Å². The minimum absolute atomic E-state index is 0.0101. The fraction of sp³-hybridized carbons (Fsp3) is 0.875. The molecule has 2 unspecified atom stereocenters. The van der Waals surface area contributed by atoms with E-state index in [2.05, 4.69) is 5.32 Å². The molecule has 0 aromatic rings. The van der Waals surface area contributed by atoms with Crippen molar-refractivity contribution in [2.45, 2.75) is 59.0 Å². The van der Waals surface area contributed by atoms with Gasteiger partial charge in [-0.05, 0) is 30.6 Å². The molecule has 0 aliphatic carbocycles. The molecule has 2 aliphatic heterocycles. The first-order valence-electron chi connectivity index (χ1n) is 8.03. The van der Waals surface area contributed by atoms with E-state index in [1.165, 1.54) is 0 Å². The molecule has 2 saturated heterocycles. The summed E-state index contributed by atoms with van der Waals surface area (Å²) in [6.07, 6.45) is 2.61. The molecule has 2 amide bonds. The molecule has 2 fully saturated rings. The van der Waals surface area contributed by atoms with Crippen molar-refractivity contribution in [2.24, 2.45) is 11.3 Å². The van der Waals surface area contributed by atoms with Crippen molar-refractivity contribution in [1.29, 1.82) is 0 Å². The van der Waals surface area contributed by atoms with Crippen LogP contribution in [0, 0.1) is 11.3 Å². The van der Waals surface area contributed by atoms with Gasteiger partial charge in [0.15, 0.2) is 0 Å². The summed E-state index contributed by atoms with van der Waals surface area (Å²) in [5, 5.41) is 2.92. The molecule has 0 bridgehead atoms. The van der Waals surface area contributed by atoms with Gasteiger partial charge < -0.3 is 15.0 Å². The van der Waals surface area contributed by atoms with Crippen molar-refractivity contribution in [3.8, 4) is 0 Å². The lowest BCUT2D eigenvalue weighted by Gasteiger charge is -2.44. The van der Waals surface area contributed by atoms with Crippen LogP contribution in [0.2, 0.25) is 0 Å². The second-order valence-corrected chi connectivity index (χ2v) is 7.28. The van der Waals surface area contributed by atoms with Crippen molar-refractivity contribution in [2.75, 3.05) is 19.8 Å². The van der Waals surface area contributed by atoms with E-state index < -0.39 is 6.04 Å². The molecule has 1 N–H and O–H groups in total. The Morgan fingerprint density at radius 1 is 1.24 bits per heavy atom. The van der Waals surface area contributed by atoms with Gasteiger partial charge in [-0.2, -0.15) is 0 Å². The van der Waals surface area contributed by atoms with E-state index in [-0.39, 0.29) is 23.3 Å². The van der Waals surface area contributed by atoms with Crippen LogP contribution in [0.4, 0.5) is 0 Å². The van der Waals surface area contributed by atoms with Gasteiger partial charge in [-0.1, -0.05) is 27.7 Å². The van der Waals surface area contributed by atoms with Crippen molar-refractivity contribution in [3.05, 3.63) is 0 Å². The quantitative estimate of drug-likeness (QED) is 0.860. The van der Waals surface area contributed by atoms with E-state index in [0.29, 0.717) is 18.9 Å². The molecule has 2 rings (SSSR count). The summed E-state index contributed by atoms with van der Waals surface area (Å²) in [5.74, 6) is 0.507. The number of ether oxygens (including phenoxy) is 1. The topological polar surface area (TPSA) is 58.6 Å². The fourth-order valence-corrected chi connectivity index (χ4v) is 3.18. The zero-order valence-corrected chi connectivity index (χ0v) is 13.6. The molecule has 0 spiro atoms. The van der Waals surface area contributed by atoms with Gasteiger partial charge in [-0.25, -0.2) is 0 Å². The van der Waals surface area contributed by atoms with Crippen LogP contribution in [0.15, 0.2) is 0 Å². The van der Waals surface area contributed by atoms with Crippen LogP contribution in [0.3, 0.4) is 0 Å². The number of carbonyl (C=O) groups excluding carboxylic acids is 2. The molecule has 2 heterocycles. The molecule has 120 valence electrons. The van der Waals surface area contributed by atoms with E-state index in [4.69, 9.17) is 4.74 Å². The molecule has 21 heavy (non-hydrogen) atoms. The Kier molecular flexibility index (Phi) is 4.91. The van der Waals surface area contributed by atoms with E-state index >= 15 is 0 Å². The van der Waals surface area contributed by atoms with Crippen LogP contribution in [-0.2, 0) is 14.3 Å². The molecule has 2 atom stereocenters. The number of nitrogens with zero attached hydrogens (tertiary/aromatic N) is 1. The van der Waals surface area contributed by atoms with Crippen molar-refractivity contribution in [3.63, 3.8) is 0 Å². The predicted octanol–water partition coefficient (Wildman–Crippen LogP) is 1.56. The summed E-state index contributed by atoms with van der Waals surface area (Å²) in [6.45, 7) is 10.2. The molecule has 0 aromatic carbocycles. The SMILES string of the molecule is CCC1C(=O)NC(C(C)(C)C)C(=O)N1CC1CCOCC1. The lowest BCUT2D eigenvalue weighted by Crippen LogP contribution is -2.67. The Bertz CT molecular complexity index is 397. The molecule has 2 aliphatic rings. The average Bonchev–Trinajstić information content (AvgIpc) is 2.42. The van der Waals surface area contributed by atoms with Gasteiger partial charge in [0.05, 0.1) is 0 Å². The summed E-state index contributed by atoms with van der Waals surface area (Å²) in [6, 6.07) is -0.744. The van der Waals surface area contributed by atoms with Crippen molar-refractivity contribution < 1.29 is 14.3 Å². The Morgan fingerprint density at radius 2 is 1.86 bits per heavy atom. The highest BCUT2D eigenvalue weighted by Crippen LogP contribution is 2.28. The Balaban J connectivity index is 2.16. The van der Waals surface area contributed by atoms with Gasteiger partial charge in [0.2, 0.25) is 11.8 Å². The summed E-state index contributed by atoms with van der Waals surface area (Å²) >= 11 is 0. The van der Waals surface area contributed by atoms with Crippen LogP contribution >= 0.6 is 0 Å². The smallest absolute Gasteiger partial charge is 0.246 e. The second kappa shape index (κ2) is 6.34. The maximum Gasteiger partial charge on any atom is 0.246 e. The zero-order valence-electron chi connectivity index (χ0n) is 13.6. The van der Waals surface area contributed by atoms with Crippen LogP contribution in [-0.4, -0.2) is 48.6 Å². The molecule has 0 radical (unpaired) electrons. The first-order valence-corrected chi connectivity index (χ1v) is 8.03. The average molecular weight is 296 g/mol. The minimum atomic E-state index is -0.423. The van der Waals surface area contributed by atoms with Gasteiger partial charge >= 0.3 is 0 Å².